The molecule has 0 radical (unpaired) electrons. The van der Waals surface area contributed by atoms with Crippen molar-refractivity contribution in [3.05, 3.63) is 29.3 Å². The highest BCUT2D eigenvalue weighted by Gasteiger charge is 2.28. The Morgan fingerprint density at radius 1 is 1.37 bits per heavy atom. The maximum absolute atomic E-state index is 10.5. The van der Waals surface area contributed by atoms with Crippen LogP contribution in [0.15, 0.2) is 18.2 Å². The molecule has 2 aliphatic rings. The highest BCUT2D eigenvalue weighted by Crippen LogP contribution is 2.35. The zero-order valence-corrected chi connectivity index (χ0v) is 11.8. The lowest BCUT2D eigenvalue weighted by atomic mass is 9.76. The topological polar surface area (TPSA) is 29.5 Å². The smallest absolute Gasteiger partial charge is 0.122 e. The van der Waals surface area contributed by atoms with E-state index in [-0.39, 0.29) is 0 Å². The zero-order chi connectivity index (χ0) is 13.3. The summed E-state index contributed by atoms with van der Waals surface area (Å²) >= 11 is 0. The lowest BCUT2D eigenvalue weighted by molar-refractivity contribution is 0.0128. The first kappa shape index (κ1) is 13.0. The molecule has 104 valence electrons. The molecule has 1 heterocycles. The molecule has 1 fully saturated rings. The summed E-state index contributed by atoms with van der Waals surface area (Å²) in [6.45, 7) is 2.82. The summed E-state index contributed by atoms with van der Waals surface area (Å²) in [5.74, 6) is 1.81. The van der Waals surface area contributed by atoms with Crippen molar-refractivity contribution >= 4 is 0 Å². The number of hydrogen-bond acceptors (Lipinski definition) is 2. The lowest BCUT2D eigenvalue weighted by Gasteiger charge is -2.33. The number of benzene rings is 1. The van der Waals surface area contributed by atoms with Crippen LogP contribution in [0.3, 0.4) is 0 Å². The van der Waals surface area contributed by atoms with Gasteiger partial charge in [0.05, 0.1) is 12.2 Å². The fourth-order valence-electron chi connectivity index (χ4n) is 3.23. The molecule has 1 saturated carbocycles. The summed E-state index contributed by atoms with van der Waals surface area (Å²) in [6.07, 6.45) is 7.81. The minimum Gasteiger partial charge on any atom is -0.493 e. The van der Waals surface area contributed by atoms with Gasteiger partial charge in [-0.25, -0.2) is 0 Å². The van der Waals surface area contributed by atoms with Crippen LogP contribution in [0, 0.1) is 5.92 Å². The van der Waals surface area contributed by atoms with Crippen molar-refractivity contribution in [2.24, 2.45) is 5.92 Å². The van der Waals surface area contributed by atoms with Crippen molar-refractivity contribution in [2.75, 3.05) is 6.61 Å². The van der Waals surface area contributed by atoms with Gasteiger partial charge in [-0.15, -0.1) is 0 Å². The minimum absolute atomic E-state index is 0.499. The molecular formula is C17H24O2. The normalized spacial score (nSPS) is 21.4. The van der Waals surface area contributed by atoms with Crippen molar-refractivity contribution in [3.8, 4) is 5.75 Å². The molecule has 1 aliphatic heterocycles. The SMILES string of the molecule is CC(O)(CCc1ccc2c(c1)CCO2)CC1CCC1. The van der Waals surface area contributed by atoms with Crippen molar-refractivity contribution < 1.29 is 9.84 Å². The van der Waals surface area contributed by atoms with Crippen LogP contribution in [0.4, 0.5) is 0 Å². The third kappa shape index (κ3) is 3.11. The van der Waals surface area contributed by atoms with Gasteiger partial charge in [-0.3, -0.25) is 0 Å². The maximum Gasteiger partial charge on any atom is 0.122 e. The molecule has 1 unspecified atom stereocenters. The van der Waals surface area contributed by atoms with Gasteiger partial charge in [0.2, 0.25) is 0 Å². The molecule has 0 aromatic heterocycles. The highest BCUT2D eigenvalue weighted by molar-refractivity contribution is 5.39. The number of aryl methyl sites for hydroxylation is 1. The van der Waals surface area contributed by atoms with E-state index in [2.05, 4.69) is 18.2 Å². The molecule has 0 bridgehead atoms. The summed E-state index contributed by atoms with van der Waals surface area (Å²) < 4.78 is 5.52. The molecule has 0 amide bonds. The molecule has 1 aromatic carbocycles. The van der Waals surface area contributed by atoms with Crippen LogP contribution in [-0.2, 0) is 12.8 Å². The molecule has 2 heteroatoms. The second kappa shape index (κ2) is 5.16. The Balaban J connectivity index is 1.56. The van der Waals surface area contributed by atoms with Crippen LogP contribution >= 0.6 is 0 Å². The van der Waals surface area contributed by atoms with Crippen LogP contribution in [0.1, 0.15) is 50.2 Å². The van der Waals surface area contributed by atoms with Crippen LogP contribution in [-0.4, -0.2) is 17.3 Å². The predicted molar refractivity (Wildman–Crippen MR) is 76.5 cm³/mol. The van der Waals surface area contributed by atoms with Gasteiger partial charge in [0, 0.05) is 6.42 Å². The van der Waals surface area contributed by atoms with Gasteiger partial charge in [0.15, 0.2) is 0 Å². The first-order valence-electron chi connectivity index (χ1n) is 7.59. The third-order valence-corrected chi connectivity index (χ3v) is 4.66. The van der Waals surface area contributed by atoms with E-state index in [1.165, 1.54) is 30.4 Å². The Morgan fingerprint density at radius 3 is 2.95 bits per heavy atom. The van der Waals surface area contributed by atoms with Gasteiger partial charge >= 0.3 is 0 Å². The molecule has 19 heavy (non-hydrogen) atoms. The maximum atomic E-state index is 10.5. The standard InChI is InChI=1S/C17H24O2/c1-17(18,12-14-3-2-4-14)9-7-13-5-6-16-15(11-13)8-10-19-16/h5-6,11,14,18H,2-4,7-10,12H2,1H3. The van der Waals surface area contributed by atoms with E-state index in [1.54, 1.807) is 0 Å². The Hall–Kier alpha value is -1.02. The van der Waals surface area contributed by atoms with E-state index in [9.17, 15) is 5.11 Å². The largest absolute Gasteiger partial charge is 0.493 e. The van der Waals surface area contributed by atoms with Crippen LogP contribution in [0.5, 0.6) is 5.75 Å². The molecular weight excluding hydrogens is 236 g/mol. The van der Waals surface area contributed by atoms with E-state index in [0.29, 0.717) is 0 Å². The van der Waals surface area contributed by atoms with Crippen molar-refractivity contribution in [2.45, 2.75) is 57.5 Å². The zero-order valence-electron chi connectivity index (χ0n) is 11.8. The van der Waals surface area contributed by atoms with E-state index in [4.69, 9.17) is 4.74 Å². The van der Waals surface area contributed by atoms with Gasteiger partial charge in [0.25, 0.3) is 0 Å². The summed E-state index contributed by atoms with van der Waals surface area (Å²) in [4.78, 5) is 0. The van der Waals surface area contributed by atoms with Gasteiger partial charge in [-0.05, 0) is 49.3 Å². The van der Waals surface area contributed by atoms with Crippen LogP contribution in [0.25, 0.3) is 0 Å². The third-order valence-electron chi connectivity index (χ3n) is 4.66. The summed E-state index contributed by atoms with van der Waals surface area (Å²) in [7, 11) is 0. The predicted octanol–water partition coefficient (Wildman–Crippen LogP) is 3.50. The fraction of sp³-hybridized carbons (Fsp3) is 0.647. The van der Waals surface area contributed by atoms with E-state index in [0.717, 1.165) is 44.0 Å². The first-order valence-corrected chi connectivity index (χ1v) is 7.59. The first-order chi connectivity index (χ1) is 9.12. The average molecular weight is 260 g/mol. The second-order valence-corrected chi connectivity index (χ2v) is 6.54. The quantitative estimate of drug-likeness (QED) is 0.878. The molecule has 0 saturated heterocycles. The van der Waals surface area contributed by atoms with Gasteiger partial charge in [-0.1, -0.05) is 31.4 Å². The number of ether oxygens (including phenoxy) is 1. The van der Waals surface area contributed by atoms with E-state index in [1.807, 2.05) is 6.92 Å². The number of rotatable bonds is 5. The van der Waals surface area contributed by atoms with Crippen LogP contribution < -0.4 is 4.74 Å². The Labute approximate surface area is 115 Å². The fourth-order valence-corrected chi connectivity index (χ4v) is 3.23. The van der Waals surface area contributed by atoms with Crippen molar-refractivity contribution in [1.82, 2.24) is 0 Å². The molecule has 1 aromatic rings. The Kier molecular flexibility index (Phi) is 3.53. The molecule has 0 spiro atoms. The molecule has 1 atom stereocenters. The number of aliphatic hydroxyl groups is 1. The summed E-state index contributed by atoms with van der Waals surface area (Å²) in [6, 6.07) is 6.48. The Bertz CT molecular complexity index is 447. The lowest BCUT2D eigenvalue weighted by Crippen LogP contribution is -2.30. The van der Waals surface area contributed by atoms with Gasteiger partial charge in [-0.2, -0.15) is 0 Å². The second-order valence-electron chi connectivity index (χ2n) is 6.54. The van der Waals surface area contributed by atoms with Crippen LogP contribution in [0.2, 0.25) is 0 Å². The summed E-state index contributed by atoms with van der Waals surface area (Å²) in [5.41, 5.74) is 2.16. The van der Waals surface area contributed by atoms with Crippen molar-refractivity contribution in [1.29, 1.82) is 0 Å². The molecule has 2 nitrogen and oxygen atoms in total. The van der Waals surface area contributed by atoms with Gasteiger partial charge in [0.1, 0.15) is 5.75 Å². The van der Waals surface area contributed by atoms with Gasteiger partial charge < -0.3 is 9.84 Å². The minimum atomic E-state index is -0.499. The number of fused-ring (bicyclic) bond motifs is 1. The number of hydrogen-bond donors (Lipinski definition) is 1. The van der Waals surface area contributed by atoms with E-state index < -0.39 is 5.60 Å². The van der Waals surface area contributed by atoms with E-state index >= 15 is 0 Å². The molecule has 1 N–H and O–H groups in total. The molecule has 3 rings (SSSR count). The average Bonchev–Trinajstić information content (AvgIpc) is 2.79. The summed E-state index contributed by atoms with van der Waals surface area (Å²) in [5, 5.41) is 10.5. The van der Waals surface area contributed by atoms with Crippen molar-refractivity contribution in [3.63, 3.8) is 0 Å². The monoisotopic (exact) mass is 260 g/mol. The highest BCUT2D eigenvalue weighted by atomic mass is 16.5. The Morgan fingerprint density at radius 2 is 2.21 bits per heavy atom. The molecule has 1 aliphatic carbocycles.